The van der Waals surface area contributed by atoms with Crippen molar-refractivity contribution in [3.8, 4) is 0 Å². The summed E-state index contributed by atoms with van der Waals surface area (Å²) >= 11 is 1.73. The Morgan fingerprint density at radius 1 is 1.53 bits per heavy atom. The smallest absolute Gasteiger partial charge is 0.191 e. The van der Waals surface area contributed by atoms with Crippen molar-refractivity contribution in [2.75, 3.05) is 5.75 Å². The van der Waals surface area contributed by atoms with Crippen LogP contribution in [0, 0.1) is 0 Å². The van der Waals surface area contributed by atoms with Crippen LogP contribution < -0.4 is 5.73 Å². The average molecular weight is 226 g/mol. The van der Waals surface area contributed by atoms with Crippen molar-refractivity contribution in [1.82, 2.24) is 14.8 Å². The molecule has 2 N–H and O–H groups in total. The summed E-state index contributed by atoms with van der Waals surface area (Å²) in [5.41, 5.74) is 5.57. The lowest BCUT2D eigenvalue weighted by molar-refractivity contribution is 0.642. The van der Waals surface area contributed by atoms with Crippen molar-refractivity contribution in [3.05, 3.63) is 18.5 Å². The number of hydrogen-bond acceptors (Lipinski definition) is 4. The highest BCUT2D eigenvalue weighted by Gasteiger charge is 2.08. The standard InChI is InChI=1S/C10H18N4S/c1-3-5-6-7-15-10-13-12-9(8-11)14(10)4-2/h3H,1,4-8,11H2,2H3. The summed E-state index contributed by atoms with van der Waals surface area (Å²) in [5.74, 6) is 1.91. The van der Waals surface area contributed by atoms with E-state index in [0.29, 0.717) is 6.54 Å². The molecule has 0 aromatic carbocycles. The second-order valence-electron chi connectivity index (χ2n) is 3.13. The van der Waals surface area contributed by atoms with Gasteiger partial charge in [-0.15, -0.1) is 16.8 Å². The summed E-state index contributed by atoms with van der Waals surface area (Å²) in [7, 11) is 0. The van der Waals surface area contributed by atoms with Gasteiger partial charge >= 0.3 is 0 Å². The second kappa shape index (κ2) is 6.63. The molecule has 0 amide bonds. The SMILES string of the molecule is C=CCCCSc1nnc(CN)n1CC. The molecular weight excluding hydrogens is 208 g/mol. The zero-order valence-electron chi connectivity index (χ0n) is 9.15. The number of thioether (sulfide) groups is 1. The number of nitrogens with two attached hydrogens (primary N) is 1. The van der Waals surface area contributed by atoms with Crippen LogP contribution in [0.25, 0.3) is 0 Å². The molecule has 84 valence electrons. The highest BCUT2D eigenvalue weighted by Crippen LogP contribution is 2.18. The molecule has 0 saturated carbocycles. The predicted octanol–water partition coefficient (Wildman–Crippen LogP) is 1.81. The zero-order valence-corrected chi connectivity index (χ0v) is 9.96. The molecule has 0 radical (unpaired) electrons. The molecular formula is C10H18N4S. The minimum absolute atomic E-state index is 0.452. The van der Waals surface area contributed by atoms with Crippen molar-refractivity contribution in [2.45, 2.75) is 38.0 Å². The van der Waals surface area contributed by atoms with Crippen molar-refractivity contribution < 1.29 is 0 Å². The highest BCUT2D eigenvalue weighted by atomic mass is 32.2. The molecule has 0 aliphatic carbocycles. The van der Waals surface area contributed by atoms with E-state index in [2.05, 4.69) is 28.3 Å². The van der Waals surface area contributed by atoms with Crippen LogP contribution in [-0.2, 0) is 13.1 Å². The minimum Gasteiger partial charge on any atom is -0.324 e. The highest BCUT2D eigenvalue weighted by molar-refractivity contribution is 7.99. The predicted molar refractivity (Wildman–Crippen MR) is 63.7 cm³/mol. The van der Waals surface area contributed by atoms with Crippen LogP contribution in [0.1, 0.15) is 25.6 Å². The van der Waals surface area contributed by atoms with Gasteiger partial charge in [-0.1, -0.05) is 17.8 Å². The summed E-state index contributed by atoms with van der Waals surface area (Å²) in [5, 5.41) is 9.15. The van der Waals surface area contributed by atoms with E-state index in [1.807, 2.05) is 6.08 Å². The first-order chi connectivity index (χ1) is 7.33. The van der Waals surface area contributed by atoms with E-state index in [1.165, 1.54) is 0 Å². The minimum atomic E-state index is 0.452. The van der Waals surface area contributed by atoms with E-state index in [-0.39, 0.29) is 0 Å². The fourth-order valence-corrected chi connectivity index (χ4v) is 2.27. The summed E-state index contributed by atoms with van der Waals surface area (Å²) in [6, 6.07) is 0. The Balaban J connectivity index is 2.52. The van der Waals surface area contributed by atoms with E-state index < -0.39 is 0 Å². The lowest BCUT2D eigenvalue weighted by Gasteiger charge is -2.04. The molecule has 4 nitrogen and oxygen atoms in total. The Morgan fingerprint density at radius 2 is 2.33 bits per heavy atom. The summed E-state index contributed by atoms with van der Waals surface area (Å²) < 4.78 is 2.07. The van der Waals surface area contributed by atoms with E-state index in [0.717, 1.165) is 36.1 Å². The Labute approximate surface area is 95.0 Å². The van der Waals surface area contributed by atoms with Gasteiger partial charge in [-0.2, -0.15) is 0 Å². The Hall–Kier alpha value is -0.810. The number of aromatic nitrogens is 3. The Kier molecular flexibility index (Phi) is 5.42. The van der Waals surface area contributed by atoms with Crippen molar-refractivity contribution in [2.24, 2.45) is 5.73 Å². The van der Waals surface area contributed by atoms with Gasteiger partial charge in [-0.05, 0) is 19.8 Å². The maximum absolute atomic E-state index is 5.57. The molecule has 0 atom stereocenters. The van der Waals surface area contributed by atoms with Gasteiger partial charge in [0.1, 0.15) is 5.82 Å². The van der Waals surface area contributed by atoms with Crippen LogP contribution in [0.4, 0.5) is 0 Å². The van der Waals surface area contributed by atoms with Gasteiger partial charge in [0, 0.05) is 12.3 Å². The van der Waals surface area contributed by atoms with Crippen molar-refractivity contribution in [1.29, 1.82) is 0 Å². The van der Waals surface area contributed by atoms with Crippen LogP contribution in [0.3, 0.4) is 0 Å². The van der Waals surface area contributed by atoms with Gasteiger partial charge in [0.15, 0.2) is 5.16 Å². The fourth-order valence-electron chi connectivity index (χ4n) is 1.29. The number of rotatable bonds is 7. The average Bonchev–Trinajstić information content (AvgIpc) is 2.66. The molecule has 0 aliphatic heterocycles. The molecule has 0 unspecified atom stereocenters. The molecule has 0 aliphatic rings. The third kappa shape index (κ3) is 3.35. The molecule has 1 rings (SSSR count). The van der Waals surface area contributed by atoms with Gasteiger partial charge in [0.25, 0.3) is 0 Å². The lowest BCUT2D eigenvalue weighted by atomic mass is 10.3. The summed E-state index contributed by atoms with van der Waals surface area (Å²) in [6.07, 6.45) is 4.12. The van der Waals surface area contributed by atoms with Crippen molar-refractivity contribution in [3.63, 3.8) is 0 Å². The first-order valence-electron chi connectivity index (χ1n) is 5.19. The lowest BCUT2D eigenvalue weighted by Crippen LogP contribution is -2.08. The third-order valence-corrected chi connectivity index (χ3v) is 3.13. The van der Waals surface area contributed by atoms with Crippen LogP contribution >= 0.6 is 11.8 Å². The largest absolute Gasteiger partial charge is 0.324 e. The molecule has 0 saturated heterocycles. The van der Waals surface area contributed by atoms with E-state index in [1.54, 1.807) is 11.8 Å². The topological polar surface area (TPSA) is 56.7 Å². The number of unbranched alkanes of at least 4 members (excludes halogenated alkanes) is 1. The zero-order chi connectivity index (χ0) is 11.1. The van der Waals surface area contributed by atoms with Crippen LogP contribution in [0.2, 0.25) is 0 Å². The van der Waals surface area contributed by atoms with Gasteiger partial charge in [0.05, 0.1) is 6.54 Å². The quantitative estimate of drug-likeness (QED) is 0.438. The van der Waals surface area contributed by atoms with Gasteiger partial charge in [0.2, 0.25) is 0 Å². The molecule has 0 bridgehead atoms. The van der Waals surface area contributed by atoms with Crippen LogP contribution in [0.15, 0.2) is 17.8 Å². The number of hydrogen-bond donors (Lipinski definition) is 1. The second-order valence-corrected chi connectivity index (χ2v) is 4.19. The third-order valence-electron chi connectivity index (χ3n) is 2.08. The van der Waals surface area contributed by atoms with Crippen molar-refractivity contribution >= 4 is 11.8 Å². The molecule has 0 spiro atoms. The fraction of sp³-hybridized carbons (Fsp3) is 0.600. The number of allylic oxidation sites excluding steroid dienone is 1. The van der Waals surface area contributed by atoms with E-state index in [4.69, 9.17) is 5.73 Å². The first kappa shape index (κ1) is 12.3. The van der Waals surface area contributed by atoms with Gasteiger partial charge in [-0.3, -0.25) is 0 Å². The molecule has 1 heterocycles. The molecule has 1 aromatic rings. The van der Waals surface area contributed by atoms with Crippen LogP contribution in [-0.4, -0.2) is 20.5 Å². The van der Waals surface area contributed by atoms with Crippen LogP contribution in [0.5, 0.6) is 0 Å². The Bertz CT molecular complexity index is 308. The maximum Gasteiger partial charge on any atom is 0.191 e. The maximum atomic E-state index is 5.57. The van der Waals surface area contributed by atoms with Gasteiger partial charge < -0.3 is 10.3 Å². The number of nitrogens with zero attached hydrogens (tertiary/aromatic N) is 3. The summed E-state index contributed by atoms with van der Waals surface area (Å²) in [6.45, 7) is 7.11. The monoisotopic (exact) mass is 226 g/mol. The summed E-state index contributed by atoms with van der Waals surface area (Å²) in [4.78, 5) is 0. The molecule has 5 heteroatoms. The molecule has 15 heavy (non-hydrogen) atoms. The van der Waals surface area contributed by atoms with E-state index >= 15 is 0 Å². The Morgan fingerprint density at radius 3 is 2.93 bits per heavy atom. The molecule has 1 aromatic heterocycles. The molecule has 0 fully saturated rings. The normalized spacial score (nSPS) is 10.5. The van der Waals surface area contributed by atoms with Gasteiger partial charge in [-0.25, -0.2) is 0 Å². The first-order valence-corrected chi connectivity index (χ1v) is 6.17. The van der Waals surface area contributed by atoms with E-state index in [9.17, 15) is 0 Å².